The molecule has 0 atom stereocenters. The molecular formula is C14H12N2NiO6. The molecule has 0 radical (unpaired) electrons. The van der Waals surface area contributed by atoms with Gasteiger partial charge in [-0.15, -0.1) is 0 Å². The molecule has 23 heavy (non-hydrogen) atoms. The van der Waals surface area contributed by atoms with Gasteiger partial charge < -0.3 is 30.8 Å². The van der Waals surface area contributed by atoms with Crippen molar-refractivity contribution < 1.29 is 47.3 Å². The molecule has 8 nitrogen and oxygen atoms in total. The largest absolute Gasteiger partial charge is 2.00 e. The van der Waals surface area contributed by atoms with E-state index in [0.717, 1.165) is 24.6 Å². The van der Waals surface area contributed by atoms with Crippen LogP contribution in [0.15, 0.2) is 46.7 Å². The number of phenols is 2. The van der Waals surface area contributed by atoms with Gasteiger partial charge in [0.1, 0.15) is 11.5 Å². The summed E-state index contributed by atoms with van der Waals surface area (Å²) in [6.07, 6.45) is 2.03. The Bertz CT molecular complexity index is 631. The number of benzene rings is 2. The maximum Gasteiger partial charge on any atom is 2.00 e. The molecule has 0 bridgehead atoms. The van der Waals surface area contributed by atoms with Gasteiger partial charge in [0.15, 0.2) is 0 Å². The number of hydrogen-bond acceptors (Lipinski definition) is 8. The van der Waals surface area contributed by atoms with E-state index in [2.05, 4.69) is 10.3 Å². The third-order valence-corrected chi connectivity index (χ3v) is 2.39. The summed E-state index contributed by atoms with van der Waals surface area (Å²) in [7, 11) is 0. The first kappa shape index (κ1) is 20.1. The van der Waals surface area contributed by atoms with E-state index in [-0.39, 0.29) is 50.6 Å². The second-order valence-corrected chi connectivity index (χ2v) is 3.93. The number of oxime groups is 2. The molecule has 2 aromatic carbocycles. The van der Waals surface area contributed by atoms with Crippen molar-refractivity contribution in [2.45, 2.75) is 0 Å². The minimum atomic E-state index is -0.372. The van der Waals surface area contributed by atoms with E-state index in [1.54, 1.807) is 0 Å². The zero-order chi connectivity index (χ0) is 16.5. The van der Waals surface area contributed by atoms with Crippen LogP contribution in [-0.4, -0.2) is 33.1 Å². The molecule has 9 heteroatoms. The second-order valence-electron chi connectivity index (χ2n) is 3.93. The van der Waals surface area contributed by atoms with E-state index in [9.17, 15) is 10.2 Å². The smallest absolute Gasteiger partial charge is 0.872 e. The first-order valence-electron chi connectivity index (χ1n) is 5.83. The Balaban J connectivity index is 0.000000403. The Labute approximate surface area is 141 Å². The van der Waals surface area contributed by atoms with E-state index in [1.807, 2.05) is 0 Å². The zero-order valence-electron chi connectivity index (χ0n) is 11.4. The molecule has 124 valence electrons. The Morgan fingerprint density at radius 1 is 0.739 bits per heavy atom. The fraction of sp³-hybridized carbons (Fsp3) is 0. The van der Waals surface area contributed by atoms with E-state index in [4.69, 9.17) is 20.6 Å². The first-order chi connectivity index (χ1) is 10.5. The fourth-order valence-electron chi connectivity index (χ4n) is 1.38. The van der Waals surface area contributed by atoms with Crippen molar-refractivity contribution in [1.82, 2.24) is 0 Å². The van der Waals surface area contributed by atoms with Gasteiger partial charge in [-0.2, -0.15) is 0 Å². The Morgan fingerprint density at radius 3 is 1.35 bits per heavy atom. The third-order valence-electron chi connectivity index (χ3n) is 2.39. The van der Waals surface area contributed by atoms with Crippen LogP contribution in [0.25, 0.3) is 0 Å². The summed E-state index contributed by atoms with van der Waals surface area (Å²) in [4.78, 5) is 0. The summed E-state index contributed by atoms with van der Waals surface area (Å²) in [6, 6.07) is 7.54. The predicted molar refractivity (Wildman–Crippen MR) is 73.9 cm³/mol. The molecule has 0 heterocycles. The van der Waals surface area contributed by atoms with Crippen LogP contribution in [0.5, 0.6) is 23.0 Å². The van der Waals surface area contributed by atoms with Gasteiger partial charge in [0.05, 0.1) is 12.4 Å². The van der Waals surface area contributed by atoms with Crippen LogP contribution in [0.4, 0.5) is 0 Å². The summed E-state index contributed by atoms with van der Waals surface area (Å²) in [5.41, 5.74) is 0.482. The van der Waals surface area contributed by atoms with Crippen LogP contribution in [0, 0.1) is 0 Å². The van der Waals surface area contributed by atoms with E-state index in [0.29, 0.717) is 0 Å². The van der Waals surface area contributed by atoms with Crippen LogP contribution in [0.3, 0.4) is 0 Å². The maximum absolute atomic E-state index is 10.9. The van der Waals surface area contributed by atoms with Crippen LogP contribution in [0.2, 0.25) is 0 Å². The van der Waals surface area contributed by atoms with Crippen LogP contribution >= 0.6 is 0 Å². The number of hydrogen-bond donors (Lipinski definition) is 4. The third kappa shape index (κ3) is 6.58. The van der Waals surface area contributed by atoms with E-state index in [1.165, 1.54) is 24.3 Å². The molecule has 0 aliphatic carbocycles. The van der Waals surface area contributed by atoms with E-state index >= 15 is 0 Å². The molecule has 0 aromatic heterocycles. The molecule has 2 rings (SSSR count). The van der Waals surface area contributed by atoms with Crippen molar-refractivity contribution in [2.24, 2.45) is 10.3 Å². The first-order valence-corrected chi connectivity index (χ1v) is 5.83. The SMILES string of the molecule is [Ni+2].[O-]c1cc(O)ccc1/C=N/O.[O-]c1cc(O)ccc1/C=N/O. The molecule has 4 N–H and O–H groups in total. The van der Waals surface area contributed by atoms with Gasteiger partial charge in [0.25, 0.3) is 0 Å². The van der Waals surface area contributed by atoms with Gasteiger partial charge in [0.2, 0.25) is 0 Å². The van der Waals surface area contributed by atoms with Gasteiger partial charge in [-0.3, -0.25) is 0 Å². The summed E-state index contributed by atoms with van der Waals surface area (Å²) in [5, 5.41) is 60.9. The van der Waals surface area contributed by atoms with Crippen molar-refractivity contribution in [2.75, 3.05) is 0 Å². The van der Waals surface area contributed by atoms with E-state index < -0.39 is 0 Å². The fourth-order valence-corrected chi connectivity index (χ4v) is 1.38. The van der Waals surface area contributed by atoms with Gasteiger partial charge in [-0.1, -0.05) is 33.9 Å². The quantitative estimate of drug-likeness (QED) is 0.265. The summed E-state index contributed by atoms with van der Waals surface area (Å²) in [5.74, 6) is -0.930. The maximum atomic E-state index is 10.9. The monoisotopic (exact) mass is 362 g/mol. The van der Waals surface area contributed by atoms with Gasteiger partial charge in [0, 0.05) is 0 Å². The Kier molecular flexibility index (Phi) is 8.65. The molecule has 0 spiro atoms. The van der Waals surface area contributed by atoms with Gasteiger partial charge >= 0.3 is 16.5 Å². The topological polar surface area (TPSA) is 152 Å². The minimum Gasteiger partial charge on any atom is -0.872 e. The average Bonchev–Trinajstić information content (AvgIpc) is 2.46. The Hall–Kier alpha value is -2.93. The normalized spacial score (nSPS) is 10.1. The number of phenolic OH excluding ortho intramolecular Hbond substituents is 2. The van der Waals surface area contributed by atoms with Crippen molar-refractivity contribution in [3.63, 3.8) is 0 Å². The van der Waals surface area contributed by atoms with Crippen LogP contribution in [0.1, 0.15) is 11.1 Å². The summed E-state index contributed by atoms with van der Waals surface area (Å²) < 4.78 is 0. The Morgan fingerprint density at radius 2 is 1.09 bits per heavy atom. The molecule has 0 saturated carbocycles. The van der Waals surface area contributed by atoms with Crippen LogP contribution in [-0.2, 0) is 16.5 Å². The van der Waals surface area contributed by atoms with Gasteiger partial charge in [-0.05, 0) is 35.4 Å². The number of rotatable bonds is 2. The molecule has 2 aromatic rings. The van der Waals surface area contributed by atoms with Crippen molar-refractivity contribution in [3.05, 3.63) is 47.5 Å². The van der Waals surface area contributed by atoms with Gasteiger partial charge in [-0.25, -0.2) is 0 Å². The predicted octanol–water partition coefficient (Wildman–Crippen LogP) is 0.545. The van der Waals surface area contributed by atoms with Crippen molar-refractivity contribution >= 4 is 12.4 Å². The zero-order valence-corrected chi connectivity index (χ0v) is 12.4. The number of nitrogens with zero attached hydrogens (tertiary/aromatic N) is 2. The molecular weight excluding hydrogens is 351 g/mol. The minimum absolute atomic E-state index is 0. The molecule has 0 fully saturated rings. The summed E-state index contributed by atoms with van der Waals surface area (Å²) in [6.45, 7) is 0. The molecule has 0 unspecified atom stereocenters. The number of aromatic hydroxyl groups is 2. The molecule has 0 aliphatic rings. The van der Waals surface area contributed by atoms with Crippen molar-refractivity contribution in [3.8, 4) is 23.0 Å². The van der Waals surface area contributed by atoms with Crippen LogP contribution < -0.4 is 10.2 Å². The second kappa shape index (κ2) is 9.91. The molecule has 0 aliphatic heterocycles. The standard InChI is InChI=1S/2C7H7NO3.Ni/c2*9-6-2-1-5(4-8-11)7(10)3-6;/h2*1-4,9-11H;/q;;+2/p-2/b2*8-4+;. The molecule has 0 amide bonds. The average molecular weight is 363 g/mol. The molecule has 0 saturated heterocycles. The van der Waals surface area contributed by atoms with Crippen molar-refractivity contribution in [1.29, 1.82) is 0 Å². The summed E-state index contributed by atoms with van der Waals surface area (Å²) >= 11 is 0.